The van der Waals surface area contributed by atoms with E-state index in [1.54, 1.807) is 0 Å². The van der Waals surface area contributed by atoms with E-state index >= 15 is 0 Å². The first kappa shape index (κ1) is 12.4. The number of halogens is 2. The minimum absolute atomic E-state index is 0.00926. The fourth-order valence-corrected chi connectivity index (χ4v) is 2.36. The summed E-state index contributed by atoms with van der Waals surface area (Å²) in [6.45, 7) is 1.53. The van der Waals surface area contributed by atoms with Crippen molar-refractivity contribution in [2.24, 2.45) is 0 Å². The molecule has 0 atom stereocenters. The van der Waals surface area contributed by atoms with Crippen molar-refractivity contribution in [3.05, 3.63) is 22.2 Å². The van der Waals surface area contributed by atoms with Gasteiger partial charge in [0.2, 0.25) is 9.05 Å². The molecule has 0 amide bonds. The van der Waals surface area contributed by atoms with Crippen LogP contribution in [0.15, 0.2) is 6.07 Å². The van der Waals surface area contributed by atoms with E-state index in [0.29, 0.717) is 5.56 Å². The van der Waals surface area contributed by atoms with Gasteiger partial charge in [-0.15, -0.1) is 0 Å². The van der Waals surface area contributed by atoms with Crippen molar-refractivity contribution >= 4 is 31.3 Å². The second-order valence-corrected chi connectivity index (χ2v) is 6.20. The highest BCUT2D eigenvalue weighted by Crippen LogP contribution is 2.37. The van der Waals surface area contributed by atoms with Crippen LogP contribution in [0.25, 0.3) is 0 Å². The third-order valence-electron chi connectivity index (χ3n) is 1.92. The van der Waals surface area contributed by atoms with E-state index in [2.05, 4.69) is 0 Å². The highest BCUT2D eigenvalue weighted by Gasteiger charge is 2.18. The highest BCUT2D eigenvalue weighted by molar-refractivity contribution is 8.13. The number of phenols is 2. The third-order valence-corrected chi connectivity index (χ3v) is 3.27. The molecule has 0 bridgehead atoms. The van der Waals surface area contributed by atoms with Crippen molar-refractivity contribution in [2.75, 3.05) is 0 Å². The molecular formula is C8H8Cl2O4S. The monoisotopic (exact) mass is 270 g/mol. The van der Waals surface area contributed by atoms with Crippen LogP contribution in [0.2, 0.25) is 5.02 Å². The largest absolute Gasteiger partial charge is 0.504 e. The molecule has 0 aliphatic heterocycles. The summed E-state index contributed by atoms with van der Waals surface area (Å²) in [5, 5.41) is 18.8. The van der Waals surface area contributed by atoms with Gasteiger partial charge in [-0.1, -0.05) is 11.6 Å². The summed E-state index contributed by atoms with van der Waals surface area (Å²) in [6, 6.07) is 1.14. The van der Waals surface area contributed by atoms with Crippen molar-refractivity contribution in [3.8, 4) is 11.5 Å². The SMILES string of the molecule is Cc1c(Cl)cc(O)c(O)c1CS(=O)(=O)Cl. The lowest BCUT2D eigenvalue weighted by Gasteiger charge is -2.09. The molecule has 0 saturated heterocycles. The number of hydrogen-bond acceptors (Lipinski definition) is 4. The average molecular weight is 271 g/mol. The minimum Gasteiger partial charge on any atom is -0.504 e. The Balaban J connectivity index is 3.40. The van der Waals surface area contributed by atoms with E-state index in [9.17, 15) is 18.6 Å². The Labute approximate surface area is 96.5 Å². The lowest BCUT2D eigenvalue weighted by Crippen LogP contribution is -1.99. The Hall–Kier alpha value is -0.650. The Morgan fingerprint density at radius 1 is 1.40 bits per heavy atom. The second kappa shape index (κ2) is 4.08. The van der Waals surface area contributed by atoms with Crippen LogP contribution in [-0.4, -0.2) is 18.6 Å². The Morgan fingerprint density at radius 2 is 1.93 bits per heavy atom. The summed E-state index contributed by atoms with van der Waals surface area (Å²) >= 11 is 5.71. The number of hydrogen-bond donors (Lipinski definition) is 2. The molecule has 0 aromatic heterocycles. The maximum absolute atomic E-state index is 10.9. The van der Waals surface area contributed by atoms with Gasteiger partial charge in [-0.05, 0) is 12.5 Å². The quantitative estimate of drug-likeness (QED) is 0.638. The van der Waals surface area contributed by atoms with E-state index in [-0.39, 0.29) is 10.6 Å². The van der Waals surface area contributed by atoms with E-state index in [4.69, 9.17) is 22.3 Å². The number of rotatable bonds is 2. The van der Waals surface area contributed by atoms with Gasteiger partial charge in [0.05, 0.1) is 5.75 Å². The van der Waals surface area contributed by atoms with Crippen molar-refractivity contribution in [3.63, 3.8) is 0 Å². The normalized spacial score (nSPS) is 11.7. The Bertz CT molecular complexity index is 470. The first-order valence-electron chi connectivity index (χ1n) is 3.84. The fraction of sp³-hybridized carbons (Fsp3) is 0.250. The van der Waals surface area contributed by atoms with Gasteiger partial charge in [0.1, 0.15) is 0 Å². The molecule has 0 fully saturated rings. The van der Waals surface area contributed by atoms with Gasteiger partial charge >= 0.3 is 0 Å². The maximum atomic E-state index is 10.9. The molecule has 1 aromatic rings. The van der Waals surface area contributed by atoms with Gasteiger partial charge in [-0.2, -0.15) is 0 Å². The van der Waals surface area contributed by atoms with Crippen LogP contribution < -0.4 is 0 Å². The zero-order valence-corrected chi connectivity index (χ0v) is 9.99. The van der Waals surface area contributed by atoms with Gasteiger partial charge in [0.15, 0.2) is 11.5 Å². The first-order chi connectivity index (χ1) is 6.72. The molecular weight excluding hydrogens is 263 g/mol. The van der Waals surface area contributed by atoms with Gasteiger partial charge in [0.25, 0.3) is 0 Å². The van der Waals surface area contributed by atoms with Crippen LogP contribution in [0.1, 0.15) is 11.1 Å². The van der Waals surface area contributed by atoms with Crippen LogP contribution in [0, 0.1) is 6.92 Å². The van der Waals surface area contributed by atoms with Crippen LogP contribution in [-0.2, 0) is 14.8 Å². The zero-order chi connectivity index (χ0) is 11.8. The van der Waals surface area contributed by atoms with Crippen LogP contribution >= 0.6 is 22.3 Å². The molecule has 0 heterocycles. The molecule has 0 unspecified atom stereocenters. The van der Waals surface area contributed by atoms with E-state index in [1.165, 1.54) is 6.92 Å². The second-order valence-electron chi connectivity index (χ2n) is 3.01. The Kier molecular flexibility index (Phi) is 3.38. The zero-order valence-electron chi connectivity index (χ0n) is 7.66. The Morgan fingerprint density at radius 3 is 2.40 bits per heavy atom. The van der Waals surface area contributed by atoms with Crippen LogP contribution in [0.4, 0.5) is 0 Å². The third kappa shape index (κ3) is 2.90. The standard InChI is InChI=1S/C8H8Cl2O4S/c1-4-5(3-15(10,13)14)8(12)7(11)2-6(4)9/h2,11-12H,3H2,1H3. The van der Waals surface area contributed by atoms with Crippen molar-refractivity contribution in [1.82, 2.24) is 0 Å². The highest BCUT2D eigenvalue weighted by atomic mass is 35.7. The fourth-order valence-electron chi connectivity index (χ4n) is 1.12. The molecule has 0 radical (unpaired) electrons. The van der Waals surface area contributed by atoms with Crippen molar-refractivity contribution < 1.29 is 18.6 Å². The van der Waals surface area contributed by atoms with Crippen molar-refractivity contribution in [2.45, 2.75) is 12.7 Å². The molecule has 0 aliphatic carbocycles. The summed E-state index contributed by atoms with van der Waals surface area (Å²) in [5.41, 5.74) is 0.381. The maximum Gasteiger partial charge on any atom is 0.236 e. The summed E-state index contributed by atoms with van der Waals surface area (Å²) in [7, 11) is 1.24. The lowest BCUT2D eigenvalue weighted by atomic mass is 10.1. The molecule has 0 aliphatic rings. The molecule has 7 heteroatoms. The van der Waals surface area contributed by atoms with Gasteiger partial charge in [-0.3, -0.25) is 0 Å². The molecule has 0 spiro atoms. The topological polar surface area (TPSA) is 74.6 Å². The number of benzene rings is 1. The predicted molar refractivity (Wildman–Crippen MR) is 58.0 cm³/mol. The summed E-state index contributed by atoms with van der Waals surface area (Å²) in [6.07, 6.45) is 0. The average Bonchev–Trinajstić information content (AvgIpc) is 2.08. The number of aromatic hydroxyl groups is 2. The summed E-state index contributed by atoms with van der Waals surface area (Å²) in [4.78, 5) is 0. The lowest BCUT2D eigenvalue weighted by molar-refractivity contribution is 0.400. The summed E-state index contributed by atoms with van der Waals surface area (Å²) in [5.74, 6) is -1.57. The molecule has 4 nitrogen and oxygen atoms in total. The minimum atomic E-state index is -3.81. The van der Waals surface area contributed by atoms with Crippen LogP contribution in [0.3, 0.4) is 0 Å². The van der Waals surface area contributed by atoms with E-state index < -0.39 is 26.3 Å². The van der Waals surface area contributed by atoms with Crippen LogP contribution in [0.5, 0.6) is 11.5 Å². The van der Waals surface area contributed by atoms with Gasteiger partial charge in [-0.25, -0.2) is 8.42 Å². The molecule has 0 saturated carbocycles. The smallest absolute Gasteiger partial charge is 0.236 e. The molecule has 15 heavy (non-hydrogen) atoms. The molecule has 1 rings (SSSR count). The molecule has 2 N–H and O–H groups in total. The molecule has 1 aromatic carbocycles. The number of phenolic OH excluding ortho intramolecular Hbond substituents is 2. The first-order valence-corrected chi connectivity index (χ1v) is 6.70. The summed E-state index contributed by atoms with van der Waals surface area (Å²) < 4.78 is 21.7. The van der Waals surface area contributed by atoms with Crippen molar-refractivity contribution in [1.29, 1.82) is 0 Å². The van der Waals surface area contributed by atoms with Gasteiger partial charge < -0.3 is 10.2 Å². The van der Waals surface area contributed by atoms with Gasteiger partial charge in [0, 0.05) is 27.3 Å². The molecule has 84 valence electrons. The van der Waals surface area contributed by atoms with E-state index in [1.807, 2.05) is 0 Å². The predicted octanol–water partition coefficient (Wildman–Crippen LogP) is 2.13. The van der Waals surface area contributed by atoms with E-state index in [0.717, 1.165) is 6.07 Å².